The average molecular weight is 379 g/mol. The van der Waals surface area contributed by atoms with Crippen molar-refractivity contribution in [3.63, 3.8) is 0 Å². The molecule has 5 N–H and O–H groups in total. The molecule has 1 amide bonds. The van der Waals surface area contributed by atoms with Crippen LogP contribution in [0.4, 0.5) is 23.1 Å². The molecule has 3 aromatic rings. The van der Waals surface area contributed by atoms with E-state index in [1.807, 2.05) is 0 Å². The van der Waals surface area contributed by atoms with E-state index in [4.69, 9.17) is 15.6 Å². The van der Waals surface area contributed by atoms with Crippen molar-refractivity contribution >= 4 is 45.9 Å². The number of fused-ring (bicyclic) bond motifs is 1. The Hall–Kier alpha value is -3.62. The molecular formula is C19H21N7O2. The summed E-state index contributed by atoms with van der Waals surface area (Å²) in [6.45, 7) is 0. The van der Waals surface area contributed by atoms with Gasteiger partial charge in [-0.15, -0.1) is 0 Å². The smallest absolute Gasteiger partial charge is 0.271 e. The van der Waals surface area contributed by atoms with Crippen molar-refractivity contribution in [3.05, 3.63) is 36.1 Å². The van der Waals surface area contributed by atoms with Crippen LogP contribution in [0.5, 0.6) is 0 Å². The molecule has 0 spiro atoms. The maximum Gasteiger partial charge on any atom is 0.271 e. The normalized spacial score (nSPS) is 13.4. The lowest BCUT2D eigenvalue weighted by Crippen LogP contribution is -2.30. The maximum absolute atomic E-state index is 12.0. The van der Waals surface area contributed by atoms with Gasteiger partial charge in [0.05, 0.1) is 6.26 Å². The van der Waals surface area contributed by atoms with Gasteiger partial charge in [-0.05, 0) is 31.0 Å². The van der Waals surface area contributed by atoms with Gasteiger partial charge in [-0.3, -0.25) is 10.2 Å². The van der Waals surface area contributed by atoms with Crippen molar-refractivity contribution in [2.45, 2.75) is 18.9 Å². The van der Waals surface area contributed by atoms with E-state index >= 15 is 0 Å². The van der Waals surface area contributed by atoms with Crippen molar-refractivity contribution in [1.82, 2.24) is 14.9 Å². The highest BCUT2D eigenvalue weighted by atomic mass is 16.3. The first-order chi connectivity index (χ1) is 13.4. The molecule has 28 heavy (non-hydrogen) atoms. The van der Waals surface area contributed by atoms with Gasteiger partial charge in [-0.2, -0.15) is 4.98 Å². The molecule has 2 aromatic heterocycles. The van der Waals surface area contributed by atoms with Gasteiger partial charge in [0, 0.05) is 43.1 Å². The Balaban J connectivity index is 1.60. The summed E-state index contributed by atoms with van der Waals surface area (Å²) < 4.78 is 5.49. The largest absolute Gasteiger partial charge is 0.459 e. The highest BCUT2D eigenvalue weighted by Crippen LogP contribution is 2.30. The molecule has 9 heteroatoms. The van der Waals surface area contributed by atoms with E-state index in [-0.39, 0.29) is 5.71 Å². The quantitative estimate of drug-likeness (QED) is 0.382. The lowest BCUT2D eigenvalue weighted by Gasteiger charge is -2.14. The summed E-state index contributed by atoms with van der Waals surface area (Å²) in [7, 11) is 3.19. The second kappa shape index (κ2) is 6.84. The maximum atomic E-state index is 12.0. The summed E-state index contributed by atoms with van der Waals surface area (Å²) in [5.41, 5.74) is 8.61. The SMILES string of the molecule is CN(C)C(=O)C(=N)c1ccc(Nc2nc(NC3CC3)c3occc3n2)cc1N. The Bertz CT molecular complexity index is 1070. The molecule has 0 atom stereocenters. The lowest BCUT2D eigenvalue weighted by atomic mass is 10.1. The van der Waals surface area contributed by atoms with Gasteiger partial charge >= 0.3 is 0 Å². The third-order valence-corrected chi connectivity index (χ3v) is 4.42. The first-order valence-electron chi connectivity index (χ1n) is 8.91. The number of rotatable bonds is 6. The number of aromatic nitrogens is 2. The van der Waals surface area contributed by atoms with Crippen molar-refractivity contribution in [2.75, 3.05) is 30.5 Å². The van der Waals surface area contributed by atoms with Crippen LogP contribution in [-0.4, -0.2) is 46.6 Å². The molecule has 1 aromatic carbocycles. The minimum atomic E-state index is -0.406. The fourth-order valence-electron chi connectivity index (χ4n) is 2.77. The molecule has 0 radical (unpaired) electrons. The van der Waals surface area contributed by atoms with Crippen LogP contribution in [0.2, 0.25) is 0 Å². The molecule has 2 heterocycles. The number of benzene rings is 1. The Morgan fingerprint density at radius 1 is 1.29 bits per heavy atom. The van der Waals surface area contributed by atoms with Gasteiger partial charge < -0.3 is 25.7 Å². The molecule has 0 saturated heterocycles. The third-order valence-electron chi connectivity index (χ3n) is 4.42. The summed E-state index contributed by atoms with van der Waals surface area (Å²) in [6, 6.07) is 7.24. The number of nitrogens with one attached hydrogen (secondary N) is 3. The average Bonchev–Trinajstić information content (AvgIpc) is 3.34. The molecule has 0 unspecified atom stereocenters. The van der Waals surface area contributed by atoms with E-state index in [1.165, 1.54) is 4.90 Å². The molecule has 1 aliphatic rings. The summed E-state index contributed by atoms with van der Waals surface area (Å²) in [5.74, 6) is 0.656. The Morgan fingerprint density at radius 2 is 2.07 bits per heavy atom. The Morgan fingerprint density at radius 3 is 2.75 bits per heavy atom. The number of carbonyl (C=O) groups excluding carboxylic acids is 1. The zero-order valence-electron chi connectivity index (χ0n) is 15.6. The summed E-state index contributed by atoms with van der Waals surface area (Å²) in [6.07, 6.45) is 3.82. The van der Waals surface area contributed by atoms with Crippen molar-refractivity contribution < 1.29 is 9.21 Å². The molecular weight excluding hydrogens is 358 g/mol. The molecule has 4 rings (SSSR count). The first kappa shape index (κ1) is 17.8. The number of furan rings is 1. The van der Waals surface area contributed by atoms with Crippen LogP contribution in [-0.2, 0) is 4.79 Å². The van der Waals surface area contributed by atoms with Gasteiger partial charge in [0.15, 0.2) is 11.4 Å². The molecule has 144 valence electrons. The second-order valence-electron chi connectivity index (χ2n) is 6.95. The minimum Gasteiger partial charge on any atom is -0.459 e. The van der Waals surface area contributed by atoms with Gasteiger partial charge in [-0.1, -0.05) is 0 Å². The van der Waals surface area contributed by atoms with E-state index in [2.05, 4.69) is 20.6 Å². The molecule has 1 aliphatic carbocycles. The summed E-state index contributed by atoms with van der Waals surface area (Å²) >= 11 is 0. The fraction of sp³-hybridized carbons (Fsp3) is 0.263. The number of nitrogen functional groups attached to an aromatic ring is 1. The number of likely N-dealkylation sites (N-methyl/N-ethyl adjacent to an activating group) is 1. The third kappa shape index (κ3) is 3.46. The molecule has 0 aliphatic heterocycles. The number of hydrogen-bond acceptors (Lipinski definition) is 8. The Kier molecular flexibility index (Phi) is 4.34. The van der Waals surface area contributed by atoms with Gasteiger partial charge in [0.2, 0.25) is 5.95 Å². The fourth-order valence-corrected chi connectivity index (χ4v) is 2.77. The molecule has 9 nitrogen and oxygen atoms in total. The summed E-state index contributed by atoms with van der Waals surface area (Å²) in [5, 5.41) is 14.5. The predicted molar refractivity (Wildman–Crippen MR) is 108 cm³/mol. The van der Waals surface area contributed by atoms with Crippen LogP contribution in [0.3, 0.4) is 0 Å². The number of hydrogen-bond donors (Lipinski definition) is 4. The van der Waals surface area contributed by atoms with Crippen molar-refractivity contribution in [3.8, 4) is 0 Å². The van der Waals surface area contributed by atoms with Crippen LogP contribution in [0.1, 0.15) is 18.4 Å². The Labute approximate surface area is 161 Å². The topological polar surface area (TPSA) is 133 Å². The number of nitrogens with zero attached hydrogens (tertiary/aromatic N) is 3. The van der Waals surface area contributed by atoms with Crippen molar-refractivity contribution in [1.29, 1.82) is 5.41 Å². The van der Waals surface area contributed by atoms with E-state index < -0.39 is 5.91 Å². The molecule has 1 saturated carbocycles. The van der Waals surface area contributed by atoms with Crippen LogP contribution in [0.25, 0.3) is 11.1 Å². The highest BCUT2D eigenvalue weighted by molar-refractivity contribution is 6.45. The monoisotopic (exact) mass is 379 g/mol. The zero-order chi connectivity index (χ0) is 19.8. The molecule has 0 bridgehead atoms. The van der Waals surface area contributed by atoms with E-state index in [9.17, 15) is 4.79 Å². The minimum absolute atomic E-state index is 0.152. The summed E-state index contributed by atoms with van der Waals surface area (Å²) in [4.78, 5) is 22.3. The second-order valence-corrected chi connectivity index (χ2v) is 6.95. The number of anilines is 4. The van der Waals surface area contributed by atoms with Crippen LogP contribution in [0.15, 0.2) is 34.9 Å². The predicted octanol–water partition coefficient (Wildman–Crippen LogP) is 2.58. The van der Waals surface area contributed by atoms with Crippen molar-refractivity contribution in [2.24, 2.45) is 0 Å². The van der Waals surface area contributed by atoms with Gasteiger partial charge in [0.1, 0.15) is 11.2 Å². The van der Waals surface area contributed by atoms with E-state index in [0.29, 0.717) is 45.8 Å². The molecule has 1 fully saturated rings. The van der Waals surface area contributed by atoms with Crippen LogP contribution in [0, 0.1) is 5.41 Å². The number of nitrogens with two attached hydrogens (primary N) is 1. The van der Waals surface area contributed by atoms with Gasteiger partial charge in [0.25, 0.3) is 5.91 Å². The number of amides is 1. The zero-order valence-corrected chi connectivity index (χ0v) is 15.6. The lowest BCUT2D eigenvalue weighted by molar-refractivity contribution is -0.121. The number of carbonyl (C=O) groups is 1. The van der Waals surface area contributed by atoms with E-state index in [1.54, 1.807) is 44.6 Å². The first-order valence-corrected chi connectivity index (χ1v) is 8.91. The van der Waals surface area contributed by atoms with E-state index in [0.717, 1.165) is 12.8 Å². The standard InChI is InChI=1S/C19H21N7O2/c1-26(2)18(27)15(21)12-6-5-11(9-13(12)20)23-19-24-14-7-8-28-16(14)17(25-19)22-10-3-4-10/h5-10,21H,3-4,20H2,1-2H3,(H2,22,23,24,25). The van der Waals surface area contributed by atoms with Crippen LogP contribution < -0.4 is 16.4 Å². The highest BCUT2D eigenvalue weighted by Gasteiger charge is 2.24. The van der Waals surface area contributed by atoms with Crippen LogP contribution >= 0.6 is 0 Å². The van der Waals surface area contributed by atoms with Gasteiger partial charge in [-0.25, -0.2) is 4.98 Å².